The molecule has 0 radical (unpaired) electrons. The molecule has 0 saturated heterocycles. The van der Waals surface area contributed by atoms with E-state index in [9.17, 15) is 4.79 Å². The molecule has 2 aromatic carbocycles. The fourth-order valence-corrected chi connectivity index (χ4v) is 2.93. The molecule has 150 valence electrons. The minimum absolute atomic E-state index is 0.182. The van der Waals surface area contributed by atoms with E-state index >= 15 is 0 Å². The first-order chi connectivity index (χ1) is 14.2. The lowest BCUT2D eigenvalue weighted by Gasteiger charge is -2.08. The van der Waals surface area contributed by atoms with Crippen molar-refractivity contribution in [1.82, 2.24) is 15.3 Å². The maximum Gasteiger partial charge on any atom is 0.270 e. The predicted octanol–water partition coefficient (Wildman–Crippen LogP) is 3.50. The number of hydrogen-bond acceptors (Lipinski definition) is 5. The third-order valence-electron chi connectivity index (χ3n) is 4.55. The van der Waals surface area contributed by atoms with E-state index in [2.05, 4.69) is 32.7 Å². The van der Waals surface area contributed by atoms with Crippen molar-refractivity contribution < 1.29 is 9.53 Å². The van der Waals surface area contributed by atoms with Crippen molar-refractivity contribution in [2.45, 2.75) is 19.3 Å². The van der Waals surface area contributed by atoms with Crippen LogP contribution in [0.4, 0.5) is 5.82 Å². The highest BCUT2D eigenvalue weighted by Crippen LogP contribution is 2.12. The van der Waals surface area contributed by atoms with Crippen molar-refractivity contribution in [2.75, 3.05) is 25.5 Å². The molecule has 29 heavy (non-hydrogen) atoms. The standard InChI is InChI=1S/C23H26N4O2/c1-29-20-11-9-19(10-12-20)13-15-24-22-16-21(26-17-27-22)23(28)25-14-5-8-18-6-3-2-4-7-18/h2-4,6-7,9-12,16-17H,5,8,13-15H2,1H3,(H,25,28)(H,24,26,27). The summed E-state index contributed by atoms with van der Waals surface area (Å²) in [5.74, 6) is 1.30. The minimum Gasteiger partial charge on any atom is -0.497 e. The number of carbonyl (C=O) groups is 1. The normalized spacial score (nSPS) is 10.4. The van der Waals surface area contributed by atoms with Crippen LogP contribution in [-0.2, 0) is 12.8 Å². The average molecular weight is 390 g/mol. The number of amides is 1. The van der Waals surface area contributed by atoms with Crippen LogP contribution in [0.3, 0.4) is 0 Å². The molecule has 1 aromatic heterocycles. The Balaban J connectivity index is 1.42. The smallest absolute Gasteiger partial charge is 0.270 e. The Bertz CT molecular complexity index is 898. The maximum atomic E-state index is 12.3. The molecule has 0 fully saturated rings. The quantitative estimate of drug-likeness (QED) is 0.518. The Morgan fingerprint density at radius 2 is 1.69 bits per heavy atom. The molecule has 0 aliphatic heterocycles. The van der Waals surface area contributed by atoms with Gasteiger partial charge in [-0.3, -0.25) is 4.79 Å². The van der Waals surface area contributed by atoms with E-state index in [4.69, 9.17) is 4.74 Å². The lowest BCUT2D eigenvalue weighted by Crippen LogP contribution is -2.26. The summed E-state index contributed by atoms with van der Waals surface area (Å²) in [7, 11) is 1.66. The summed E-state index contributed by atoms with van der Waals surface area (Å²) in [4.78, 5) is 20.6. The Kier molecular flexibility index (Phi) is 7.57. The minimum atomic E-state index is -0.182. The van der Waals surface area contributed by atoms with E-state index in [1.165, 1.54) is 17.5 Å². The fraction of sp³-hybridized carbons (Fsp3) is 0.261. The molecule has 0 aliphatic carbocycles. The van der Waals surface area contributed by atoms with Crippen LogP contribution < -0.4 is 15.4 Å². The first-order valence-electron chi connectivity index (χ1n) is 9.75. The SMILES string of the molecule is COc1ccc(CCNc2cc(C(=O)NCCCc3ccccc3)ncn2)cc1. The van der Waals surface area contributed by atoms with Crippen molar-refractivity contribution in [3.63, 3.8) is 0 Å². The highest BCUT2D eigenvalue weighted by Gasteiger charge is 2.08. The molecular weight excluding hydrogens is 364 g/mol. The van der Waals surface area contributed by atoms with Crippen molar-refractivity contribution in [1.29, 1.82) is 0 Å². The van der Waals surface area contributed by atoms with E-state index in [0.717, 1.165) is 25.0 Å². The molecule has 0 aliphatic rings. The predicted molar refractivity (Wildman–Crippen MR) is 114 cm³/mol. The Morgan fingerprint density at radius 1 is 0.931 bits per heavy atom. The maximum absolute atomic E-state index is 12.3. The van der Waals surface area contributed by atoms with Crippen LogP contribution in [0.2, 0.25) is 0 Å². The molecule has 1 heterocycles. The second-order valence-electron chi connectivity index (χ2n) is 6.66. The number of carbonyl (C=O) groups excluding carboxylic acids is 1. The average Bonchev–Trinajstić information content (AvgIpc) is 2.78. The van der Waals surface area contributed by atoms with Crippen LogP contribution in [0.25, 0.3) is 0 Å². The number of methoxy groups -OCH3 is 1. The van der Waals surface area contributed by atoms with Gasteiger partial charge in [0.15, 0.2) is 0 Å². The number of aromatic nitrogens is 2. The Hall–Kier alpha value is -3.41. The van der Waals surface area contributed by atoms with Crippen molar-refractivity contribution in [3.05, 3.63) is 83.8 Å². The van der Waals surface area contributed by atoms with Gasteiger partial charge in [0, 0.05) is 19.2 Å². The van der Waals surface area contributed by atoms with Gasteiger partial charge >= 0.3 is 0 Å². The first-order valence-corrected chi connectivity index (χ1v) is 9.75. The molecule has 1 amide bonds. The first kappa shape index (κ1) is 20.3. The second kappa shape index (κ2) is 10.8. The van der Waals surface area contributed by atoms with Crippen LogP contribution in [-0.4, -0.2) is 36.1 Å². The molecule has 2 N–H and O–H groups in total. The number of rotatable bonds is 10. The highest BCUT2D eigenvalue weighted by atomic mass is 16.5. The monoisotopic (exact) mass is 390 g/mol. The topological polar surface area (TPSA) is 76.1 Å². The highest BCUT2D eigenvalue weighted by molar-refractivity contribution is 5.92. The molecule has 6 heteroatoms. The summed E-state index contributed by atoms with van der Waals surface area (Å²) in [5.41, 5.74) is 2.84. The molecular formula is C23H26N4O2. The zero-order chi connectivity index (χ0) is 20.3. The number of nitrogens with one attached hydrogen (secondary N) is 2. The van der Waals surface area contributed by atoms with Gasteiger partial charge in [0.25, 0.3) is 5.91 Å². The number of nitrogens with zero attached hydrogens (tertiary/aromatic N) is 2. The van der Waals surface area contributed by atoms with Gasteiger partial charge in [0.2, 0.25) is 0 Å². The summed E-state index contributed by atoms with van der Waals surface area (Å²) < 4.78 is 5.17. The van der Waals surface area contributed by atoms with Gasteiger partial charge in [-0.05, 0) is 42.5 Å². The summed E-state index contributed by atoms with van der Waals surface area (Å²) in [5, 5.41) is 6.16. The third kappa shape index (κ3) is 6.60. The molecule has 0 spiro atoms. The van der Waals surface area contributed by atoms with Gasteiger partial charge in [0.05, 0.1) is 7.11 Å². The zero-order valence-corrected chi connectivity index (χ0v) is 16.6. The van der Waals surface area contributed by atoms with Crippen molar-refractivity contribution in [3.8, 4) is 5.75 Å². The van der Waals surface area contributed by atoms with Gasteiger partial charge in [-0.1, -0.05) is 42.5 Å². The van der Waals surface area contributed by atoms with Crippen LogP contribution in [0.1, 0.15) is 28.0 Å². The van der Waals surface area contributed by atoms with E-state index in [0.29, 0.717) is 24.6 Å². The molecule has 0 bridgehead atoms. The van der Waals surface area contributed by atoms with Gasteiger partial charge < -0.3 is 15.4 Å². The molecule has 0 atom stereocenters. The largest absolute Gasteiger partial charge is 0.497 e. The van der Waals surface area contributed by atoms with Gasteiger partial charge in [-0.25, -0.2) is 9.97 Å². The number of hydrogen-bond donors (Lipinski definition) is 2. The molecule has 0 saturated carbocycles. The van der Waals surface area contributed by atoms with E-state index in [1.54, 1.807) is 13.2 Å². The van der Waals surface area contributed by atoms with Crippen LogP contribution in [0.5, 0.6) is 5.75 Å². The Labute approximate surface area is 171 Å². The van der Waals surface area contributed by atoms with Crippen molar-refractivity contribution >= 4 is 11.7 Å². The third-order valence-corrected chi connectivity index (χ3v) is 4.55. The molecule has 0 unspecified atom stereocenters. The number of ether oxygens (including phenoxy) is 1. The fourth-order valence-electron chi connectivity index (χ4n) is 2.93. The molecule has 3 rings (SSSR count). The lowest BCUT2D eigenvalue weighted by atomic mass is 10.1. The number of aryl methyl sites for hydroxylation is 1. The van der Waals surface area contributed by atoms with E-state index in [1.807, 2.05) is 42.5 Å². The van der Waals surface area contributed by atoms with Crippen LogP contribution >= 0.6 is 0 Å². The summed E-state index contributed by atoms with van der Waals surface area (Å²) in [6.07, 6.45) is 4.07. The lowest BCUT2D eigenvalue weighted by molar-refractivity contribution is 0.0948. The van der Waals surface area contributed by atoms with Gasteiger partial charge in [-0.15, -0.1) is 0 Å². The Morgan fingerprint density at radius 3 is 2.45 bits per heavy atom. The van der Waals surface area contributed by atoms with Crippen molar-refractivity contribution in [2.24, 2.45) is 0 Å². The zero-order valence-electron chi connectivity index (χ0n) is 16.6. The second-order valence-corrected chi connectivity index (χ2v) is 6.66. The van der Waals surface area contributed by atoms with E-state index < -0.39 is 0 Å². The van der Waals surface area contributed by atoms with Gasteiger partial charge in [-0.2, -0.15) is 0 Å². The summed E-state index contributed by atoms with van der Waals surface area (Å²) in [6, 6.07) is 19.9. The number of anilines is 1. The molecule has 6 nitrogen and oxygen atoms in total. The summed E-state index contributed by atoms with van der Waals surface area (Å²) in [6.45, 7) is 1.32. The number of benzene rings is 2. The van der Waals surface area contributed by atoms with E-state index in [-0.39, 0.29) is 5.91 Å². The molecule has 3 aromatic rings. The summed E-state index contributed by atoms with van der Waals surface area (Å²) >= 11 is 0. The van der Waals surface area contributed by atoms with Crippen LogP contribution in [0, 0.1) is 0 Å². The van der Waals surface area contributed by atoms with Crippen LogP contribution in [0.15, 0.2) is 67.0 Å². The van der Waals surface area contributed by atoms with Gasteiger partial charge in [0.1, 0.15) is 23.6 Å².